The highest BCUT2D eigenvalue weighted by molar-refractivity contribution is 7.91. The lowest BCUT2D eigenvalue weighted by molar-refractivity contribution is -0.141. The van der Waals surface area contributed by atoms with Crippen molar-refractivity contribution in [3.63, 3.8) is 0 Å². The number of nitrogens with one attached hydrogen (secondary N) is 1. The van der Waals surface area contributed by atoms with E-state index < -0.39 is 44.4 Å². The molecule has 0 bridgehead atoms. The third-order valence-corrected chi connectivity index (χ3v) is 8.92. The van der Waals surface area contributed by atoms with Crippen LogP contribution >= 0.6 is 11.3 Å². The van der Waals surface area contributed by atoms with Crippen molar-refractivity contribution in [1.29, 1.82) is 0 Å². The number of rotatable bonds is 9. The topological polar surface area (TPSA) is 141 Å². The largest absolute Gasteiger partial charge is 0.496 e. The maximum atomic E-state index is 13.6. The monoisotopic (exact) mass is 582 g/mol. The molecular weight excluding hydrogens is 557 g/mol. The molecular formula is C25H25F3N4O5S2. The quantitative estimate of drug-likeness (QED) is 0.356. The Morgan fingerprint density at radius 2 is 1.87 bits per heavy atom. The molecule has 0 saturated heterocycles. The zero-order chi connectivity index (χ0) is 28.4. The van der Waals surface area contributed by atoms with Crippen molar-refractivity contribution in [2.45, 2.75) is 49.9 Å². The molecule has 0 saturated carbocycles. The van der Waals surface area contributed by atoms with Crippen LogP contribution < -0.4 is 15.8 Å². The lowest BCUT2D eigenvalue weighted by atomic mass is 9.95. The van der Waals surface area contributed by atoms with E-state index in [9.17, 15) is 31.2 Å². The van der Waals surface area contributed by atoms with Crippen molar-refractivity contribution in [3.8, 4) is 17.0 Å². The average molecular weight is 583 g/mol. The first kappa shape index (κ1) is 28.5. The van der Waals surface area contributed by atoms with Gasteiger partial charge in [0, 0.05) is 16.9 Å². The second-order valence-corrected chi connectivity index (χ2v) is 12.0. The molecule has 9 nitrogen and oxygen atoms in total. The predicted octanol–water partition coefficient (Wildman–Crippen LogP) is 4.40. The van der Waals surface area contributed by atoms with Gasteiger partial charge in [0.2, 0.25) is 20.9 Å². The number of alkyl halides is 3. The van der Waals surface area contributed by atoms with E-state index in [-0.39, 0.29) is 35.4 Å². The van der Waals surface area contributed by atoms with Gasteiger partial charge in [-0.05, 0) is 55.9 Å². The number of hydrogen-bond donors (Lipinski definition) is 2. The number of anilines is 1. The smallest absolute Gasteiger partial charge is 0.433 e. The number of aryl methyl sites for hydroxylation is 1. The molecule has 3 N–H and O–H groups in total. The second kappa shape index (κ2) is 11.3. The van der Waals surface area contributed by atoms with Gasteiger partial charge in [-0.15, -0.1) is 11.3 Å². The molecule has 0 radical (unpaired) electrons. The zero-order valence-corrected chi connectivity index (χ0v) is 22.4. The molecule has 4 rings (SSSR count). The molecule has 3 aromatic rings. The molecule has 2 heterocycles. The SMILES string of the molecule is COc1ccccc1-c1cc(C(F)(F)F)nc(S(=O)(=O)CCCC(=O)Nc2sc3c(c2C(N)=O)CCCC3)n1. The Balaban J connectivity index is 1.52. The van der Waals surface area contributed by atoms with Crippen LogP contribution in [0.5, 0.6) is 5.75 Å². The van der Waals surface area contributed by atoms with Gasteiger partial charge in [-0.3, -0.25) is 9.59 Å². The first-order valence-electron chi connectivity index (χ1n) is 12.0. The van der Waals surface area contributed by atoms with Crippen molar-refractivity contribution in [2.75, 3.05) is 18.2 Å². The van der Waals surface area contributed by atoms with E-state index >= 15 is 0 Å². The minimum absolute atomic E-state index is 0.160. The van der Waals surface area contributed by atoms with E-state index in [0.717, 1.165) is 29.7 Å². The van der Waals surface area contributed by atoms with Crippen LogP contribution in [0.1, 0.15) is 52.2 Å². The number of thiophene rings is 1. The third-order valence-electron chi connectivity index (χ3n) is 6.14. The van der Waals surface area contributed by atoms with Gasteiger partial charge in [0.25, 0.3) is 5.91 Å². The normalized spacial score (nSPS) is 13.5. The fourth-order valence-electron chi connectivity index (χ4n) is 4.32. The number of methoxy groups -OCH3 is 1. The minimum Gasteiger partial charge on any atom is -0.496 e. The molecule has 208 valence electrons. The maximum absolute atomic E-state index is 13.6. The van der Waals surface area contributed by atoms with E-state index in [1.165, 1.54) is 30.6 Å². The molecule has 1 aliphatic carbocycles. The standard InChI is InChI=1S/C25H25F3N4O5S2/c1-37-17-9-4-2-7-14(17)16-13-19(25(26,27)28)31-24(30-16)39(35,36)12-6-11-20(33)32-23-21(22(29)34)15-8-3-5-10-18(15)38-23/h2,4,7,9,13H,3,5-6,8,10-12H2,1H3,(H2,29,34)(H,32,33). The van der Waals surface area contributed by atoms with Crippen molar-refractivity contribution in [1.82, 2.24) is 9.97 Å². The molecule has 0 fully saturated rings. The summed E-state index contributed by atoms with van der Waals surface area (Å²) in [6, 6.07) is 6.76. The summed E-state index contributed by atoms with van der Waals surface area (Å²) >= 11 is 1.27. The number of aromatic nitrogens is 2. The fourth-order valence-corrected chi connectivity index (χ4v) is 6.81. The molecule has 1 aromatic carbocycles. The molecule has 39 heavy (non-hydrogen) atoms. The predicted molar refractivity (Wildman–Crippen MR) is 138 cm³/mol. The number of primary amides is 1. The summed E-state index contributed by atoms with van der Waals surface area (Å²) in [6.45, 7) is 0. The van der Waals surface area contributed by atoms with Crippen LogP contribution in [0, 0.1) is 0 Å². The lowest BCUT2D eigenvalue weighted by Gasteiger charge is -2.13. The van der Waals surface area contributed by atoms with Crippen LogP contribution in [0.15, 0.2) is 35.5 Å². The van der Waals surface area contributed by atoms with Gasteiger partial charge < -0.3 is 15.8 Å². The van der Waals surface area contributed by atoms with Crippen LogP contribution in [0.25, 0.3) is 11.3 Å². The van der Waals surface area contributed by atoms with E-state index in [2.05, 4.69) is 15.3 Å². The number of para-hydroxylation sites is 1. The highest BCUT2D eigenvalue weighted by Gasteiger charge is 2.36. The molecule has 0 spiro atoms. The Hall–Kier alpha value is -3.52. The van der Waals surface area contributed by atoms with Gasteiger partial charge in [0.15, 0.2) is 0 Å². The number of hydrogen-bond acceptors (Lipinski definition) is 8. The van der Waals surface area contributed by atoms with Gasteiger partial charge in [-0.2, -0.15) is 13.2 Å². The first-order valence-corrected chi connectivity index (χ1v) is 14.4. The second-order valence-electron chi connectivity index (χ2n) is 8.87. The van der Waals surface area contributed by atoms with E-state index in [4.69, 9.17) is 10.5 Å². The maximum Gasteiger partial charge on any atom is 0.433 e. The van der Waals surface area contributed by atoms with Crippen molar-refractivity contribution in [2.24, 2.45) is 5.73 Å². The molecule has 0 unspecified atom stereocenters. The average Bonchev–Trinajstić information content (AvgIpc) is 3.25. The zero-order valence-electron chi connectivity index (χ0n) is 20.8. The Morgan fingerprint density at radius 1 is 1.15 bits per heavy atom. The number of benzene rings is 1. The van der Waals surface area contributed by atoms with Crippen LogP contribution in [0.3, 0.4) is 0 Å². The van der Waals surface area contributed by atoms with Gasteiger partial charge >= 0.3 is 6.18 Å². The summed E-state index contributed by atoms with van der Waals surface area (Å²) in [6.07, 6.45) is -2.07. The summed E-state index contributed by atoms with van der Waals surface area (Å²) in [5.41, 5.74) is 5.11. The number of halogens is 3. The summed E-state index contributed by atoms with van der Waals surface area (Å²) in [5, 5.41) is 1.96. The van der Waals surface area contributed by atoms with Crippen LogP contribution in [0.2, 0.25) is 0 Å². The molecule has 1 aliphatic rings. The number of nitrogens with zero attached hydrogens (tertiary/aromatic N) is 2. The number of amides is 2. The van der Waals surface area contributed by atoms with Gasteiger partial charge in [0.1, 0.15) is 16.4 Å². The van der Waals surface area contributed by atoms with Crippen molar-refractivity contribution >= 4 is 38.0 Å². The van der Waals surface area contributed by atoms with Gasteiger partial charge in [-0.25, -0.2) is 18.4 Å². The molecule has 0 aliphatic heterocycles. The first-order chi connectivity index (χ1) is 18.4. The minimum atomic E-state index is -4.93. The lowest BCUT2D eigenvalue weighted by Crippen LogP contribution is -2.20. The Morgan fingerprint density at radius 3 is 2.56 bits per heavy atom. The Labute approximate surface area is 226 Å². The summed E-state index contributed by atoms with van der Waals surface area (Å²) in [7, 11) is -3.08. The van der Waals surface area contributed by atoms with E-state index in [1.807, 2.05) is 0 Å². The summed E-state index contributed by atoms with van der Waals surface area (Å²) in [4.78, 5) is 32.7. The number of carbonyl (C=O) groups is 2. The fraction of sp³-hybridized carbons (Fsp3) is 0.360. The Bertz CT molecular complexity index is 1520. The van der Waals surface area contributed by atoms with Crippen LogP contribution in [-0.4, -0.2) is 43.1 Å². The Kier molecular flexibility index (Phi) is 8.25. The number of nitrogens with two attached hydrogens (primary N) is 1. The van der Waals surface area contributed by atoms with Gasteiger partial charge in [0.05, 0.1) is 24.1 Å². The van der Waals surface area contributed by atoms with Crippen LogP contribution in [0.4, 0.5) is 18.2 Å². The van der Waals surface area contributed by atoms with Crippen molar-refractivity contribution in [3.05, 3.63) is 52.0 Å². The summed E-state index contributed by atoms with van der Waals surface area (Å²) in [5.74, 6) is -1.67. The molecule has 0 atom stereocenters. The molecule has 14 heteroatoms. The molecule has 2 aromatic heterocycles. The number of carbonyl (C=O) groups excluding carboxylic acids is 2. The van der Waals surface area contributed by atoms with Crippen molar-refractivity contribution < 1.29 is 35.9 Å². The van der Waals surface area contributed by atoms with E-state index in [1.54, 1.807) is 12.1 Å². The highest BCUT2D eigenvalue weighted by atomic mass is 32.2. The number of ether oxygens (including phenoxy) is 1. The third kappa shape index (κ3) is 6.38. The molecule has 2 amide bonds. The highest BCUT2D eigenvalue weighted by Crippen LogP contribution is 2.38. The van der Waals surface area contributed by atoms with Crippen LogP contribution in [-0.2, 0) is 33.6 Å². The number of sulfone groups is 1. The van der Waals surface area contributed by atoms with E-state index in [0.29, 0.717) is 17.5 Å². The van der Waals surface area contributed by atoms with Gasteiger partial charge in [-0.1, -0.05) is 12.1 Å². The summed E-state index contributed by atoms with van der Waals surface area (Å²) < 4.78 is 71.8. The number of fused-ring (bicyclic) bond motifs is 1.